The van der Waals surface area contributed by atoms with E-state index in [0.717, 1.165) is 11.1 Å². The van der Waals surface area contributed by atoms with E-state index in [4.69, 9.17) is 4.84 Å². The first-order valence-electron chi connectivity index (χ1n) is 5.18. The summed E-state index contributed by atoms with van der Waals surface area (Å²) >= 11 is 0. The molecule has 1 heterocycles. The lowest BCUT2D eigenvalue weighted by molar-refractivity contribution is -0.140. The molecule has 1 aliphatic rings. The van der Waals surface area contributed by atoms with Crippen LogP contribution in [0.5, 0.6) is 0 Å². The van der Waals surface area contributed by atoms with E-state index >= 15 is 0 Å². The van der Waals surface area contributed by atoms with Gasteiger partial charge in [0, 0.05) is 12.6 Å². The fourth-order valence-corrected chi connectivity index (χ4v) is 1.64. The molecule has 0 saturated carbocycles. The molecule has 1 aliphatic heterocycles. The largest absolute Gasteiger partial charge is 0.381 e. The Morgan fingerprint density at radius 3 is 2.88 bits per heavy atom. The lowest BCUT2D eigenvalue weighted by Crippen LogP contribution is -2.44. The lowest BCUT2D eigenvalue weighted by Gasteiger charge is -2.26. The summed E-state index contributed by atoms with van der Waals surface area (Å²) in [6, 6.07) is 7.82. The molecule has 16 heavy (non-hydrogen) atoms. The Kier molecular flexibility index (Phi) is 2.64. The number of amides is 1. The van der Waals surface area contributed by atoms with Crippen LogP contribution in [-0.4, -0.2) is 29.8 Å². The third kappa shape index (κ3) is 1.78. The van der Waals surface area contributed by atoms with E-state index in [0.29, 0.717) is 5.84 Å². The minimum atomic E-state index is -0.501. The zero-order valence-electron chi connectivity index (χ0n) is 9.60. The second kappa shape index (κ2) is 3.96. The van der Waals surface area contributed by atoms with Crippen molar-refractivity contribution in [1.29, 1.82) is 0 Å². The quantitative estimate of drug-likeness (QED) is 0.717. The number of amidine groups is 1. The van der Waals surface area contributed by atoms with Gasteiger partial charge in [-0.05, 0) is 19.9 Å². The van der Waals surface area contributed by atoms with E-state index in [9.17, 15) is 4.79 Å². The van der Waals surface area contributed by atoms with Crippen LogP contribution in [0.25, 0.3) is 0 Å². The van der Waals surface area contributed by atoms with Gasteiger partial charge in [-0.1, -0.05) is 28.9 Å². The number of nitrogens with zero attached hydrogens (tertiary/aromatic N) is 2. The van der Waals surface area contributed by atoms with Gasteiger partial charge in [0.05, 0.1) is 0 Å². The van der Waals surface area contributed by atoms with Gasteiger partial charge in [-0.15, -0.1) is 0 Å². The zero-order chi connectivity index (χ0) is 11.7. The maximum absolute atomic E-state index is 11.7. The Hall–Kier alpha value is -1.84. The number of hydrogen-bond acceptors (Lipinski definition) is 3. The van der Waals surface area contributed by atoms with Gasteiger partial charge in [0.2, 0.25) is 6.10 Å². The fourth-order valence-electron chi connectivity index (χ4n) is 1.64. The van der Waals surface area contributed by atoms with Crippen molar-refractivity contribution in [3.8, 4) is 0 Å². The molecule has 84 valence electrons. The van der Waals surface area contributed by atoms with Gasteiger partial charge in [-0.3, -0.25) is 9.69 Å². The third-order valence-electron chi connectivity index (χ3n) is 2.57. The molecule has 0 spiro atoms. The highest BCUT2D eigenvalue weighted by Crippen LogP contribution is 2.14. The molecule has 0 aliphatic carbocycles. The third-order valence-corrected chi connectivity index (χ3v) is 2.57. The van der Waals surface area contributed by atoms with Gasteiger partial charge < -0.3 is 4.84 Å². The van der Waals surface area contributed by atoms with Crippen molar-refractivity contribution in [1.82, 2.24) is 4.90 Å². The fraction of sp³-hybridized carbons (Fsp3) is 0.333. The molecule has 0 fully saturated rings. The highest BCUT2D eigenvalue weighted by Gasteiger charge is 2.28. The predicted molar refractivity (Wildman–Crippen MR) is 61.0 cm³/mol. The summed E-state index contributed by atoms with van der Waals surface area (Å²) < 4.78 is 0. The molecule has 1 aromatic carbocycles. The second-order valence-electron chi connectivity index (χ2n) is 3.93. The Bertz CT molecular complexity index is 454. The van der Waals surface area contributed by atoms with E-state index in [1.54, 1.807) is 14.0 Å². The van der Waals surface area contributed by atoms with Crippen LogP contribution < -0.4 is 0 Å². The van der Waals surface area contributed by atoms with Crippen LogP contribution in [0.2, 0.25) is 0 Å². The number of carbonyl (C=O) groups excluding carboxylic acids is 1. The van der Waals surface area contributed by atoms with Crippen LogP contribution in [0.1, 0.15) is 18.1 Å². The number of rotatable bonds is 1. The summed E-state index contributed by atoms with van der Waals surface area (Å²) in [4.78, 5) is 18.3. The molecule has 0 bridgehead atoms. The lowest BCUT2D eigenvalue weighted by atomic mass is 10.1. The maximum atomic E-state index is 11.7. The molecule has 1 unspecified atom stereocenters. The van der Waals surface area contributed by atoms with E-state index in [1.807, 2.05) is 31.2 Å². The number of hydrogen-bond donors (Lipinski definition) is 0. The zero-order valence-corrected chi connectivity index (χ0v) is 9.60. The van der Waals surface area contributed by atoms with E-state index in [2.05, 4.69) is 5.16 Å². The Labute approximate surface area is 94.5 Å². The highest BCUT2D eigenvalue weighted by atomic mass is 16.6. The number of likely N-dealkylation sites (N-methyl/N-ethyl adjacent to an activating group) is 1. The summed E-state index contributed by atoms with van der Waals surface area (Å²) in [6.07, 6.45) is -0.501. The van der Waals surface area contributed by atoms with Crippen LogP contribution in [0, 0.1) is 6.92 Å². The predicted octanol–water partition coefficient (Wildman–Crippen LogP) is 1.53. The summed E-state index contributed by atoms with van der Waals surface area (Å²) in [5, 5.41) is 3.97. The molecule has 0 aromatic heterocycles. The highest BCUT2D eigenvalue weighted by molar-refractivity contribution is 6.09. The van der Waals surface area contributed by atoms with Crippen molar-refractivity contribution in [2.45, 2.75) is 20.0 Å². The maximum Gasteiger partial charge on any atom is 0.271 e. The van der Waals surface area contributed by atoms with E-state index < -0.39 is 6.10 Å². The normalized spacial score (nSPS) is 20.4. The summed E-state index contributed by atoms with van der Waals surface area (Å²) in [6.45, 7) is 3.69. The molecule has 1 amide bonds. The van der Waals surface area contributed by atoms with E-state index in [1.165, 1.54) is 4.90 Å². The first kappa shape index (κ1) is 10.7. The Morgan fingerprint density at radius 1 is 1.44 bits per heavy atom. The van der Waals surface area contributed by atoms with Crippen molar-refractivity contribution < 1.29 is 9.63 Å². The average molecular weight is 218 g/mol. The van der Waals surface area contributed by atoms with Crippen LogP contribution in [0.3, 0.4) is 0 Å². The number of carbonyl (C=O) groups is 1. The topological polar surface area (TPSA) is 41.9 Å². The molecule has 1 aromatic rings. The van der Waals surface area contributed by atoms with Gasteiger partial charge in [-0.25, -0.2) is 0 Å². The molecule has 4 nitrogen and oxygen atoms in total. The van der Waals surface area contributed by atoms with E-state index in [-0.39, 0.29) is 5.91 Å². The van der Waals surface area contributed by atoms with Crippen molar-refractivity contribution in [3.63, 3.8) is 0 Å². The Balaban J connectivity index is 2.38. The van der Waals surface area contributed by atoms with Crippen LogP contribution in [-0.2, 0) is 9.63 Å². The van der Waals surface area contributed by atoms with Crippen molar-refractivity contribution in [3.05, 3.63) is 35.4 Å². The van der Waals surface area contributed by atoms with Crippen LogP contribution in [0.4, 0.5) is 0 Å². The molecule has 1 atom stereocenters. The minimum absolute atomic E-state index is 0.0773. The molecule has 4 heteroatoms. The van der Waals surface area contributed by atoms with Gasteiger partial charge in [0.15, 0.2) is 5.84 Å². The molecule has 0 N–H and O–H groups in total. The van der Waals surface area contributed by atoms with Crippen LogP contribution in [0.15, 0.2) is 29.4 Å². The Morgan fingerprint density at radius 2 is 2.19 bits per heavy atom. The monoisotopic (exact) mass is 218 g/mol. The number of aryl methyl sites for hydroxylation is 1. The SMILES string of the molecule is Cc1cccc(C2=NOC(C)C(=O)N2C)c1. The molecular formula is C12H14N2O2. The van der Waals surface area contributed by atoms with Gasteiger partial charge in [-0.2, -0.15) is 0 Å². The summed E-state index contributed by atoms with van der Waals surface area (Å²) in [5.41, 5.74) is 2.02. The van der Waals surface area contributed by atoms with Gasteiger partial charge in [0.25, 0.3) is 5.91 Å². The molecule has 0 saturated heterocycles. The van der Waals surface area contributed by atoms with Gasteiger partial charge >= 0.3 is 0 Å². The van der Waals surface area contributed by atoms with Crippen molar-refractivity contribution >= 4 is 11.7 Å². The average Bonchev–Trinajstić information content (AvgIpc) is 2.26. The molecule has 0 radical (unpaired) electrons. The molecular weight excluding hydrogens is 204 g/mol. The molecule has 2 rings (SSSR count). The summed E-state index contributed by atoms with van der Waals surface area (Å²) in [5.74, 6) is 0.485. The summed E-state index contributed by atoms with van der Waals surface area (Å²) in [7, 11) is 1.71. The van der Waals surface area contributed by atoms with Crippen molar-refractivity contribution in [2.75, 3.05) is 7.05 Å². The minimum Gasteiger partial charge on any atom is -0.381 e. The second-order valence-corrected chi connectivity index (χ2v) is 3.93. The van der Waals surface area contributed by atoms with Gasteiger partial charge in [0.1, 0.15) is 0 Å². The first-order valence-corrected chi connectivity index (χ1v) is 5.18. The number of benzene rings is 1. The van der Waals surface area contributed by atoms with Crippen LogP contribution >= 0.6 is 0 Å². The van der Waals surface area contributed by atoms with Crippen molar-refractivity contribution in [2.24, 2.45) is 5.16 Å². The first-order chi connectivity index (χ1) is 7.59. The smallest absolute Gasteiger partial charge is 0.271 e. The number of oxime groups is 1. The standard InChI is InChI=1S/C12H14N2O2/c1-8-5-4-6-10(7-8)11-13-16-9(2)12(15)14(11)3/h4-7,9H,1-3H3.